The van der Waals surface area contributed by atoms with E-state index >= 15 is 0 Å². The summed E-state index contributed by atoms with van der Waals surface area (Å²) in [5.74, 6) is 1.03. The Bertz CT molecular complexity index is 1230. The fraction of sp³-hybridized carbons (Fsp3) is 0.238. The lowest BCUT2D eigenvalue weighted by molar-refractivity contribution is -0.383. The van der Waals surface area contributed by atoms with Crippen molar-refractivity contribution < 1.29 is 4.92 Å². The maximum atomic E-state index is 11.5. The Labute approximate surface area is 162 Å². The zero-order valence-corrected chi connectivity index (χ0v) is 16.2. The van der Waals surface area contributed by atoms with Crippen LogP contribution in [-0.4, -0.2) is 19.3 Å². The molecule has 7 nitrogen and oxygen atoms in total. The van der Waals surface area contributed by atoms with Crippen LogP contribution in [0.1, 0.15) is 36.5 Å². The molecule has 0 saturated heterocycles. The zero-order chi connectivity index (χ0) is 20.0. The van der Waals surface area contributed by atoms with Crippen molar-refractivity contribution in [1.82, 2.24) is 14.4 Å². The lowest BCUT2D eigenvalue weighted by atomic mass is 9.94. The minimum Gasteiger partial charge on any atom is -0.338 e. The number of nitrogens with one attached hydrogen (secondary N) is 1. The molecule has 7 heteroatoms. The third-order valence-corrected chi connectivity index (χ3v) is 5.13. The molecule has 142 valence electrons. The SMILES string of the molecule is Cc1ccc(C(C)C)c(C)c1Nc1nc2cccc([N+](=O)[O-])c2n2cncc12. The minimum atomic E-state index is -0.392. The molecule has 0 amide bonds. The molecule has 2 aromatic carbocycles. The van der Waals surface area contributed by atoms with E-state index in [4.69, 9.17) is 4.98 Å². The minimum absolute atomic E-state index is 0.00807. The molecule has 4 rings (SSSR count). The molecule has 0 aliphatic carbocycles. The second-order valence-electron chi connectivity index (χ2n) is 7.26. The van der Waals surface area contributed by atoms with Crippen molar-refractivity contribution in [2.45, 2.75) is 33.6 Å². The molecule has 1 N–H and O–H groups in total. The van der Waals surface area contributed by atoms with Crippen molar-refractivity contribution in [3.63, 3.8) is 0 Å². The summed E-state index contributed by atoms with van der Waals surface area (Å²) in [4.78, 5) is 20.0. The van der Waals surface area contributed by atoms with Gasteiger partial charge in [0.05, 0.1) is 16.6 Å². The first-order valence-corrected chi connectivity index (χ1v) is 9.14. The van der Waals surface area contributed by atoms with Gasteiger partial charge < -0.3 is 5.32 Å². The second kappa shape index (κ2) is 6.60. The zero-order valence-electron chi connectivity index (χ0n) is 16.2. The maximum Gasteiger partial charge on any atom is 0.295 e. The highest BCUT2D eigenvalue weighted by molar-refractivity contribution is 5.91. The van der Waals surface area contributed by atoms with E-state index in [9.17, 15) is 10.1 Å². The Kier molecular flexibility index (Phi) is 4.22. The number of para-hydroxylation sites is 1. The summed E-state index contributed by atoms with van der Waals surface area (Å²) in [7, 11) is 0. The van der Waals surface area contributed by atoms with E-state index in [0.29, 0.717) is 28.3 Å². The fourth-order valence-corrected chi connectivity index (χ4v) is 3.72. The van der Waals surface area contributed by atoms with Crippen molar-refractivity contribution in [2.24, 2.45) is 0 Å². The van der Waals surface area contributed by atoms with Crippen molar-refractivity contribution in [1.29, 1.82) is 0 Å². The highest BCUT2D eigenvalue weighted by Gasteiger charge is 2.19. The maximum absolute atomic E-state index is 11.5. The summed E-state index contributed by atoms with van der Waals surface area (Å²) in [5.41, 5.74) is 6.24. The molecule has 0 atom stereocenters. The third-order valence-electron chi connectivity index (χ3n) is 5.13. The molecule has 0 bridgehead atoms. The number of imidazole rings is 1. The van der Waals surface area contributed by atoms with E-state index < -0.39 is 4.92 Å². The first kappa shape index (κ1) is 17.9. The number of nitro groups is 1. The van der Waals surface area contributed by atoms with E-state index in [1.165, 1.54) is 17.2 Å². The molecular formula is C21H21N5O2. The van der Waals surface area contributed by atoms with Gasteiger partial charge in [-0.2, -0.15) is 0 Å². The van der Waals surface area contributed by atoms with Gasteiger partial charge in [-0.25, -0.2) is 9.97 Å². The van der Waals surface area contributed by atoms with Crippen LogP contribution in [0.25, 0.3) is 16.6 Å². The van der Waals surface area contributed by atoms with E-state index in [1.807, 2.05) is 0 Å². The van der Waals surface area contributed by atoms with Crippen LogP contribution in [0.5, 0.6) is 0 Å². The smallest absolute Gasteiger partial charge is 0.295 e. The van der Waals surface area contributed by atoms with Crippen LogP contribution in [0.4, 0.5) is 17.2 Å². The number of rotatable bonds is 4. The Balaban J connectivity index is 1.95. The molecule has 0 aliphatic rings. The van der Waals surface area contributed by atoms with Crippen LogP contribution in [0.15, 0.2) is 42.9 Å². The standard InChI is InChI=1S/C21H21N5O2/c1-12(2)15-9-8-13(3)19(14(15)4)24-21-18-10-22-11-25(18)20-16(23-21)6-5-7-17(20)26(27)28/h5-12H,1-4H3,(H,23,24). The molecule has 28 heavy (non-hydrogen) atoms. The molecule has 0 fully saturated rings. The van der Waals surface area contributed by atoms with E-state index in [1.54, 1.807) is 29.1 Å². The quantitative estimate of drug-likeness (QED) is 0.388. The topological polar surface area (TPSA) is 85.4 Å². The number of hydrogen-bond donors (Lipinski definition) is 1. The first-order chi connectivity index (χ1) is 13.4. The summed E-state index contributed by atoms with van der Waals surface area (Å²) in [6.07, 6.45) is 3.25. The van der Waals surface area contributed by atoms with Gasteiger partial charge in [0.1, 0.15) is 11.8 Å². The molecule has 0 unspecified atom stereocenters. The van der Waals surface area contributed by atoms with Crippen LogP contribution >= 0.6 is 0 Å². The average Bonchev–Trinajstić information content (AvgIpc) is 3.14. The fourth-order valence-electron chi connectivity index (χ4n) is 3.72. The number of nitrogens with zero attached hydrogens (tertiary/aromatic N) is 4. The molecule has 0 saturated carbocycles. The van der Waals surface area contributed by atoms with Gasteiger partial charge in [-0.05, 0) is 42.5 Å². The van der Waals surface area contributed by atoms with Gasteiger partial charge in [-0.15, -0.1) is 0 Å². The van der Waals surface area contributed by atoms with Crippen molar-refractivity contribution in [3.05, 3.63) is 69.7 Å². The Hall–Kier alpha value is -3.48. The monoisotopic (exact) mass is 375 g/mol. The van der Waals surface area contributed by atoms with E-state index in [2.05, 4.69) is 50.1 Å². The molecule has 0 radical (unpaired) electrons. The third kappa shape index (κ3) is 2.76. The number of aromatic nitrogens is 3. The van der Waals surface area contributed by atoms with Crippen LogP contribution < -0.4 is 5.32 Å². The predicted molar refractivity (Wildman–Crippen MR) is 110 cm³/mol. The molecule has 4 aromatic rings. The van der Waals surface area contributed by atoms with Crippen LogP contribution in [0.3, 0.4) is 0 Å². The van der Waals surface area contributed by atoms with E-state index in [0.717, 1.165) is 11.3 Å². The average molecular weight is 375 g/mol. The lowest BCUT2D eigenvalue weighted by Crippen LogP contribution is -2.05. The Morgan fingerprint density at radius 2 is 1.96 bits per heavy atom. The van der Waals surface area contributed by atoms with Crippen LogP contribution in [0, 0.1) is 24.0 Å². The highest BCUT2D eigenvalue weighted by atomic mass is 16.6. The summed E-state index contributed by atoms with van der Waals surface area (Å²) in [6, 6.07) is 9.17. The number of aryl methyl sites for hydroxylation is 1. The number of anilines is 2. The molecule has 0 spiro atoms. The summed E-state index contributed by atoms with van der Waals surface area (Å²) in [6.45, 7) is 8.50. The van der Waals surface area contributed by atoms with Gasteiger partial charge in [0, 0.05) is 11.8 Å². The van der Waals surface area contributed by atoms with Crippen LogP contribution in [-0.2, 0) is 0 Å². The largest absolute Gasteiger partial charge is 0.338 e. The van der Waals surface area contributed by atoms with Crippen LogP contribution in [0.2, 0.25) is 0 Å². The van der Waals surface area contributed by atoms with Gasteiger partial charge >= 0.3 is 0 Å². The molecule has 2 aromatic heterocycles. The number of benzene rings is 2. The van der Waals surface area contributed by atoms with Gasteiger partial charge in [-0.3, -0.25) is 14.5 Å². The summed E-state index contributed by atoms with van der Waals surface area (Å²) in [5, 5.41) is 14.9. The van der Waals surface area contributed by atoms with Crippen molar-refractivity contribution >= 4 is 33.7 Å². The second-order valence-corrected chi connectivity index (χ2v) is 7.26. The number of hydrogen-bond acceptors (Lipinski definition) is 5. The molecular weight excluding hydrogens is 354 g/mol. The van der Waals surface area contributed by atoms with Gasteiger partial charge in [-0.1, -0.05) is 32.0 Å². The van der Waals surface area contributed by atoms with Gasteiger partial charge in [0.15, 0.2) is 11.3 Å². The normalized spacial score (nSPS) is 11.5. The molecule has 0 aliphatic heterocycles. The van der Waals surface area contributed by atoms with E-state index in [-0.39, 0.29) is 5.69 Å². The lowest BCUT2D eigenvalue weighted by Gasteiger charge is -2.18. The predicted octanol–water partition coefficient (Wildman–Crippen LogP) is 5.27. The number of nitro benzene ring substituents is 1. The van der Waals surface area contributed by atoms with Crippen molar-refractivity contribution in [3.8, 4) is 0 Å². The summed E-state index contributed by atoms with van der Waals surface area (Å²) < 4.78 is 1.72. The van der Waals surface area contributed by atoms with Gasteiger partial charge in [0.25, 0.3) is 5.69 Å². The molecule has 2 heterocycles. The van der Waals surface area contributed by atoms with Crippen molar-refractivity contribution in [2.75, 3.05) is 5.32 Å². The number of non-ortho nitro benzene ring substituents is 1. The highest BCUT2D eigenvalue weighted by Crippen LogP contribution is 2.33. The summed E-state index contributed by atoms with van der Waals surface area (Å²) >= 11 is 0. The Morgan fingerprint density at radius 1 is 1.18 bits per heavy atom. The van der Waals surface area contributed by atoms with Gasteiger partial charge in [0.2, 0.25) is 0 Å². The first-order valence-electron chi connectivity index (χ1n) is 9.14. The Morgan fingerprint density at radius 3 is 2.68 bits per heavy atom. The number of fused-ring (bicyclic) bond motifs is 3.